The largest absolute Gasteiger partial charge is 0.397 e. The second kappa shape index (κ2) is 4.87. The third kappa shape index (κ3) is 2.75. The number of nitrogen functional groups attached to an aromatic ring is 1. The van der Waals surface area contributed by atoms with Gasteiger partial charge in [0.1, 0.15) is 0 Å². The molecule has 0 radical (unpaired) electrons. The molecule has 0 saturated heterocycles. The van der Waals surface area contributed by atoms with Crippen molar-refractivity contribution in [1.82, 2.24) is 4.98 Å². The van der Waals surface area contributed by atoms with E-state index in [0.29, 0.717) is 0 Å². The highest BCUT2D eigenvalue weighted by Crippen LogP contribution is 2.22. The fourth-order valence-electron chi connectivity index (χ4n) is 1.85. The van der Waals surface area contributed by atoms with Gasteiger partial charge in [-0.15, -0.1) is 0 Å². The molecule has 0 unspecified atom stereocenters. The highest BCUT2D eigenvalue weighted by atomic mass is 15.1. The van der Waals surface area contributed by atoms with Crippen LogP contribution in [0.15, 0.2) is 42.5 Å². The molecule has 1 heterocycles. The van der Waals surface area contributed by atoms with Crippen LogP contribution in [0.4, 0.5) is 11.4 Å². The molecule has 0 aliphatic rings. The molecule has 0 amide bonds. The predicted molar refractivity (Wildman–Crippen MR) is 71.9 cm³/mol. The molecule has 0 atom stereocenters. The number of nitrogens with zero attached hydrogens (tertiary/aromatic N) is 2. The zero-order valence-electron chi connectivity index (χ0n) is 10.2. The Bertz CT molecular complexity index is 508. The first kappa shape index (κ1) is 11.5. The summed E-state index contributed by atoms with van der Waals surface area (Å²) in [5, 5.41) is 0. The van der Waals surface area contributed by atoms with Gasteiger partial charge in [-0.05, 0) is 31.2 Å². The Morgan fingerprint density at radius 3 is 2.59 bits per heavy atom. The summed E-state index contributed by atoms with van der Waals surface area (Å²) in [7, 11) is 2.02. The predicted octanol–water partition coefficient (Wildman–Crippen LogP) is 2.61. The van der Waals surface area contributed by atoms with Crippen molar-refractivity contribution in [3.05, 3.63) is 53.9 Å². The van der Waals surface area contributed by atoms with Gasteiger partial charge in [0.25, 0.3) is 0 Å². The van der Waals surface area contributed by atoms with Gasteiger partial charge >= 0.3 is 0 Å². The molecular weight excluding hydrogens is 210 g/mol. The standard InChI is InChI=1S/C14H17N3/c1-11-6-5-7-12(16-11)10-17(2)14-9-4-3-8-13(14)15/h3-9H,10,15H2,1-2H3. The molecule has 3 heteroatoms. The summed E-state index contributed by atoms with van der Waals surface area (Å²) < 4.78 is 0. The number of anilines is 2. The van der Waals surface area contributed by atoms with Crippen molar-refractivity contribution in [2.24, 2.45) is 0 Å². The second-order valence-corrected chi connectivity index (χ2v) is 4.19. The van der Waals surface area contributed by atoms with Gasteiger partial charge in [-0.1, -0.05) is 18.2 Å². The summed E-state index contributed by atoms with van der Waals surface area (Å²) >= 11 is 0. The van der Waals surface area contributed by atoms with E-state index in [4.69, 9.17) is 5.73 Å². The average molecular weight is 227 g/mol. The Hall–Kier alpha value is -2.03. The quantitative estimate of drug-likeness (QED) is 0.819. The number of pyridine rings is 1. The van der Waals surface area contributed by atoms with E-state index in [0.717, 1.165) is 29.3 Å². The van der Waals surface area contributed by atoms with Crippen LogP contribution in [0.25, 0.3) is 0 Å². The van der Waals surface area contributed by atoms with Crippen LogP contribution in [0.2, 0.25) is 0 Å². The molecule has 88 valence electrons. The van der Waals surface area contributed by atoms with E-state index < -0.39 is 0 Å². The first-order chi connectivity index (χ1) is 8.16. The maximum absolute atomic E-state index is 5.94. The minimum Gasteiger partial charge on any atom is -0.397 e. The van der Waals surface area contributed by atoms with Gasteiger partial charge in [-0.2, -0.15) is 0 Å². The molecule has 2 aromatic rings. The summed E-state index contributed by atoms with van der Waals surface area (Å²) in [6, 6.07) is 13.9. The molecular formula is C14H17N3. The number of aromatic nitrogens is 1. The van der Waals surface area contributed by atoms with Crippen LogP contribution in [0, 0.1) is 6.92 Å². The van der Waals surface area contributed by atoms with Gasteiger partial charge in [0.05, 0.1) is 23.6 Å². The zero-order chi connectivity index (χ0) is 12.3. The lowest BCUT2D eigenvalue weighted by atomic mass is 10.2. The van der Waals surface area contributed by atoms with Crippen molar-refractivity contribution < 1.29 is 0 Å². The Morgan fingerprint density at radius 2 is 1.88 bits per heavy atom. The van der Waals surface area contributed by atoms with E-state index in [1.807, 2.05) is 56.4 Å². The van der Waals surface area contributed by atoms with Crippen LogP contribution in [0.3, 0.4) is 0 Å². The van der Waals surface area contributed by atoms with Crippen molar-refractivity contribution in [3.8, 4) is 0 Å². The minimum absolute atomic E-state index is 0.760. The summed E-state index contributed by atoms with van der Waals surface area (Å²) in [5.74, 6) is 0. The van der Waals surface area contributed by atoms with Crippen molar-refractivity contribution in [3.63, 3.8) is 0 Å². The lowest BCUT2D eigenvalue weighted by Crippen LogP contribution is -2.18. The van der Waals surface area contributed by atoms with E-state index in [1.54, 1.807) is 0 Å². The summed E-state index contributed by atoms with van der Waals surface area (Å²) in [6.07, 6.45) is 0. The number of nitrogens with two attached hydrogens (primary N) is 1. The molecule has 17 heavy (non-hydrogen) atoms. The topological polar surface area (TPSA) is 42.1 Å². The lowest BCUT2D eigenvalue weighted by molar-refractivity contribution is 0.878. The monoisotopic (exact) mass is 227 g/mol. The van der Waals surface area contributed by atoms with Crippen LogP contribution in [0.1, 0.15) is 11.4 Å². The maximum atomic E-state index is 5.94. The summed E-state index contributed by atoms with van der Waals surface area (Å²) in [5.41, 5.74) is 9.87. The fraction of sp³-hybridized carbons (Fsp3) is 0.214. The fourth-order valence-corrected chi connectivity index (χ4v) is 1.85. The zero-order valence-corrected chi connectivity index (χ0v) is 10.2. The molecule has 3 nitrogen and oxygen atoms in total. The third-order valence-corrected chi connectivity index (χ3v) is 2.69. The van der Waals surface area contributed by atoms with Crippen LogP contribution in [0.5, 0.6) is 0 Å². The van der Waals surface area contributed by atoms with Gasteiger partial charge in [-0.3, -0.25) is 4.98 Å². The SMILES string of the molecule is Cc1cccc(CN(C)c2ccccc2N)n1. The molecule has 2 rings (SSSR count). The van der Waals surface area contributed by atoms with Gasteiger partial charge in [0, 0.05) is 12.7 Å². The number of benzene rings is 1. The first-order valence-electron chi connectivity index (χ1n) is 5.65. The van der Waals surface area contributed by atoms with E-state index >= 15 is 0 Å². The van der Waals surface area contributed by atoms with Crippen LogP contribution >= 0.6 is 0 Å². The highest BCUT2D eigenvalue weighted by Gasteiger charge is 2.05. The number of para-hydroxylation sites is 2. The Morgan fingerprint density at radius 1 is 1.12 bits per heavy atom. The lowest BCUT2D eigenvalue weighted by Gasteiger charge is -2.20. The smallest absolute Gasteiger partial charge is 0.0600 e. The number of hydrogen-bond donors (Lipinski definition) is 1. The minimum atomic E-state index is 0.760. The van der Waals surface area contributed by atoms with Crippen LogP contribution in [-0.4, -0.2) is 12.0 Å². The van der Waals surface area contributed by atoms with E-state index in [-0.39, 0.29) is 0 Å². The Labute approximate surface area is 102 Å². The average Bonchev–Trinajstić information content (AvgIpc) is 2.29. The molecule has 1 aromatic carbocycles. The molecule has 0 saturated carbocycles. The normalized spacial score (nSPS) is 10.2. The Kier molecular flexibility index (Phi) is 3.28. The van der Waals surface area contributed by atoms with Crippen molar-refractivity contribution in [2.45, 2.75) is 13.5 Å². The van der Waals surface area contributed by atoms with Crippen LogP contribution in [-0.2, 0) is 6.54 Å². The van der Waals surface area contributed by atoms with Gasteiger partial charge in [-0.25, -0.2) is 0 Å². The summed E-state index contributed by atoms with van der Waals surface area (Å²) in [6.45, 7) is 2.76. The van der Waals surface area contributed by atoms with Crippen molar-refractivity contribution >= 4 is 11.4 Å². The molecule has 0 fully saturated rings. The van der Waals surface area contributed by atoms with Crippen LogP contribution < -0.4 is 10.6 Å². The van der Waals surface area contributed by atoms with Gasteiger partial charge in [0.2, 0.25) is 0 Å². The third-order valence-electron chi connectivity index (χ3n) is 2.69. The van der Waals surface area contributed by atoms with E-state index in [9.17, 15) is 0 Å². The second-order valence-electron chi connectivity index (χ2n) is 4.19. The molecule has 0 spiro atoms. The highest BCUT2D eigenvalue weighted by molar-refractivity contribution is 5.66. The van der Waals surface area contributed by atoms with Crippen molar-refractivity contribution in [2.75, 3.05) is 17.7 Å². The molecule has 0 bridgehead atoms. The number of rotatable bonds is 3. The molecule has 1 aromatic heterocycles. The summed E-state index contributed by atoms with van der Waals surface area (Å²) in [4.78, 5) is 6.59. The first-order valence-corrected chi connectivity index (χ1v) is 5.65. The number of aryl methyl sites for hydroxylation is 1. The van der Waals surface area contributed by atoms with Gasteiger partial charge < -0.3 is 10.6 Å². The molecule has 2 N–H and O–H groups in total. The Balaban J connectivity index is 2.17. The van der Waals surface area contributed by atoms with Crippen molar-refractivity contribution in [1.29, 1.82) is 0 Å². The van der Waals surface area contributed by atoms with E-state index in [1.165, 1.54) is 0 Å². The molecule has 0 aliphatic carbocycles. The maximum Gasteiger partial charge on any atom is 0.0600 e. The van der Waals surface area contributed by atoms with Gasteiger partial charge in [0.15, 0.2) is 0 Å². The van der Waals surface area contributed by atoms with E-state index in [2.05, 4.69) is 9.88 Å². The number of hydrogen-bond acceptors (Lipinski definition) is 3. The molecule has 0 aliphatic heterocycles.